The molecule has 2 unspecified atom stereocenters. The molecule has 1 saturated heterocycles. The summed E-state index contributed by atoms with van der Waals surface area (Å²) in [5, 5.41) is 0. The van der Waals surface area contributed by atoms with Crippen LogP contribution in [-0.4, -0.2) is 43.7 Å². The number of nitrogens with zero attached hydrogens (tertiary/aromatic N) is 2. The minimum atomic E-state index is 0.197. The molecular formula is C16H26BrN3. The molecule has 2 N–H and O–H groups in total. The first-order chi connectivity index (χ1) is 9.47. The van der Waals surface area contributed by atoms with Gasteiger partial charge in [-0.25, -0.2) is 0 Å². The second-order valence-electron chi connectivity index (χ2n) is 6.12. The minimum Gasteiger partial charge on any atom is -0.367 e. The van der Waals surface area contributed by atoms with Crippen molar-refractivity contribution in [3.8, 4) is 0 Å². The molecule has 2 atom stereocenters. The van der Waals surface area contributed by atoms with Crippen LogP contribution in [0.15, 0.2) is 22.7 Å². The van der Waals surface area contributed by atoms with Crippen LogP contribution in [0.5, 0.6) is 0 Å². The Labute approximate surface area is 131 Å². The van der Waals surface area contributed by atoms with Gasteiger partial charge in [0, 0.05) is 35.3 Å². The molecule has 1 aromatic carbocycles. The van der Waals surface area contributed by atoms with Gasteiger partial charge in [0.15, 0.2) is 0 Å². The average Bonchev–Trinajstić information content (AvgIpc) is 2.52. The zero-order valence-electron chi connectivity index (χ0n) is 12.8. The monoisotopic (exact) mass is 339 g/mol. The molecule has 1 aliphatic heterocycles. The van der Waals surface area contributed by atoms with Crippen molar-refractivity contribution in [2.45, 2.75) is 38.8 Å². The zero-order chi connectivity index (χ0) is 14.7. The highest BCUT2D eigenvalue weighted by Gasteiger charge is 2.20. The lowest BCUT2D eigenvalue weighted by molar-refractivity contribution is 0.337. The highest BCUT2D eigenvalue weighted by molar-refractivity contribution is 9.10. The second kappa shape index (κ2) is 6.92. The summed E-state index contributed by atoms with van der Waals surface area (Å²) in [6.07, 6.45) is 2.14. The molecule has 1 aromatic rings. The molecule has 0 saturated carbocycles. The average molecular weight is 340 g/mol. The van der Waals surface area contributed by atoms with Gasteiger partial charge in [0.2, 0.25) is 0 Å². The zero-order valence-corrected chi connectivity index (χ0v) is 14.4. The van der Waals surface area contributed by atoms with E-state index in [-0.39, 0.29) is 6.04 Å². The van der Waals surface area contributed by atoms with Gasteiger partial charge in [0.05, 0.1) is 0 Å². The Morgan fingerprint density at radius 3 is 2.80 bits per heavy atom. The summed E-state index contributed by atoms with van der Waals surface area (Å²) in [4.78, 5) is 4.94. The molecule has 1 heterocycles. The van der Waals surface area contributed by atoms with Gasteiger partial charge in [-0.2, -0.15) is 0 Å². The Bertz CT molecular complexity index is 447. The normalized spacial score (nSPS) is 22.6. The molecule has 0 aliphatic carbocycles. The van der Waals surface area contributed by atoms with Crippen LogP contribution < -0.4 is 10.6 Å². The first kappa shape index (κ1) is 15.8. The van der Waals surface area contributed by atoms with Crippen LogP contribution in [0.4, 0.5) is 5.69 Å². The van der Waals surface area contributed by atoms with Crippen LogP contribution in [-0.2, 0) is 6.42 Å². The van der Waals surface area contributed by atoms with E-state index in [1.807, 2.05) is 6.92 Å². The van der Waals surface area contributed by atoms with E-state index >= 15 is 0 Å². The van der Waals surface area contributed by atoms with Gasteiger partial charge in [-0.15, -0.1) is 0 Å². The number of halogens is 1. The van der Waals surface area contributed by atoms with E-state index in [2.05, 4.69) is 57.9 Å². The Hall–Kier alpha value is -0.580. The van der Waals surface area contributed by atoms with Crippen molar-refractivity contribution < 1.29 is 0 Å². The highest BCUT2D eigenvalue weighted by Crippen LogP contribution is 2.27. The molecule has 3 nitrogen and oxygen atoms in total. The molecule has 1 fully saturated rings. The summed E-state index contributed by atoms with van der Waals surface area (Å²) in [7, 11) is 2.21. The van der Waals surface area contributed by atoms with Gasteiger partial charge in [-0.3, -0.25) is 0 Å². The Balaban J connectivity index is 2.17. The van der Waals surface area contributed by atoms with Crippen LogP contribution in [0.1, 0.15) is 25.8 Å². The van der Waals surface area contributed by atoms with Crippen molar-refractivity contribution in [2.24, 2.45) is 5.73 Å². The van der Waals surface area contributed by atoms with Gasteiger partial charge in [-0.05, 0) is 58.0 Å². The van der Waals surface area contributed by atoms with Crippen molar-refractivity contribution in [2.75, 3.05) is 31.6 Å². The van der Waals surface area contributed by atoms with Crippen LogP contribution in [0, 0.1) is 0 Å². The van der Waals surface area contributed by atoms with E-state index in [1.165, 1.54) is 28.7 Å². The number of benzene rings is 1. The first-order valence-corrected chi connectivity index (χ1v) is 8.26. The summed E-state index contributed by atoms with van der Waals surface area (Å²) in [5.74, 6) is 0. The van der Waals surface area contributed by atoms with Crippen LogP contribution >= 0.6 is 15.9 Å². The maximum absolute atomic E-state index is 5.90. The molecule has 112 valence electrons. The fourth-order valence-electron chi connectivity index (χ4n) is 2.98. The quantitative estimate of drug-likeness (QED) is 0.918. The first-order valence-electron chi connectivity index (χ1n) is 7.46. The van der Waals surface area contributed by atoms with Crippen LogP contribution in [0.3, 0.4) is 0 Å². The molecule has 1 aliphatic rings. The fraction of sp³-hybridized carbons (Fsp3) is 0.625. The summed E-state index contributed by atoms with van der Waals surface area (Å²) < 4.78 is 1.18. The number of anilines is 1. The summed E-state index contributed by atoms with van der Waals surface area (Å²) in [6, 6.07) is 7.45. The van der Waals surface area contributed by atoms with E-state index in [1.54, 1.807) is 0 Å². The van der Waals surface area contributed by atoms with Gasteiger partial charge < -0.3 is 15.5 Å². The predicted molar refractivity (Wildman–Crippen MR) is 90.4 cm³/mol. The molecule has 0 spiro atoms. The number of hydrogen-bond acceptors (Lipinski definition) is 3. The van der Waals surface area contributed by atoms with E-state index in [4.69, 9.17) is 5.73 Å². The minimum absolute atomic E-state index is 0.197. The molecule has 0 amide bonds. The van der Waals surface area contributed by atoms with Crippen molar-refractivity contribution in [3.05, 3.63) is 28.2 Å². The third kappa shape index (κ3) is 3.96. The van der Waals surface area contributed by atoms with Crippen molar-refractivity contribution in [1.29, 1.82) is 0 Å². The highest BCUT2D eigenvalue weighted by atomic mass is 79.9. The number of likely N-dealkylation sites (N-methyl/N-ethyl adjacent to an activating group) is 1. The topological polar surface area (TPSA) is 32.5 Å². The van der Waals surface area contributed by atoms with Gasteiger partial charge in [0.25, 0.3) is 0 Å². The van der Waals surface area contributed by atoms with Gasteiger partial charge >= 0.3 is 0 Å². The maximum Gasteiger partial charge on any atom is 0.0388 e. The molecule has 2 rings (SSSR count). The van der Waals surface area contributed by atoms with Crippen LogP contribution in [0.2, 0.25) is 0 Å². The number of nitrogens with two attached hydrogens (primary N) is 1. The molecule has 0 aromatic heterocycles. The van der Waals surface area contributed by atoms with E-state index in [0.29, 0.717) is 6.04 Å². The predicted octanol–water partition coefficient (Wildman–Crippen LogP) is 2.87. The van der Waals surface area contributed by atoms with E-state index in [9.17, 15) is 0 Å². The Morgan fingerprint density at radius 1 is 1.40 bits per heavy atom. The Kier molecular flexibility index (Phi) is 5.47. The van der Waals surface area contributed by atoms with E-state index < -0.39 is 0 Å². The molecule has 20 heavy (non-hydrogen) atoms. The SMILES string of the molecule is CC(N)Cc1ccc(N2CCCN(C)CC2C)cc1Br. The summed E-state index contributed by atoms with van der Waals surface area (Å²) in [5.41, 5.74) is 8.50. The lowest BCUT2D eigenvalue weighted by atomic mass is 10.1. The van der Waals surface area contributed by atoms with Crippen molar-refractivity contribution in [1.82, 2.24) is 4.90 Å². The summed E-state index contributed by atoms with van der Waals surface area (Å²) in [6.45, 7) is 7.80. The third-order valence-corrected chi connectivity index (χ3v) is 4.70. The number of rotatable bonds is 3. The van der Waals surface area contributed by atoms with Gasteiger partial charge in [-0.1, -0.05) is 22.0 Å². The third-order valence-electron chi connectivity index (χ3n) is 3.96. The number of hydrogen-bond donors (Lipinski definition) is 1. The van der Waals surface area contributed by atoms with Crippen LogP contribution in [0.25, 0.3) is 0 Å². The molecule has 0 bridgehead atoms. The smallest absolute Gasteiger partial charge is 0.0388 e. The Morgan fingerprint density at radius 2 is 2.15 bits per heavy atom. The van der Waals surface area contributed by atoms with E-state index in [0.717, 1.165) is 19.5 Å². The van der Waals surface area contributed by atoms with Gasteiger partial charge in [0.1, 0.15) is 0 Å². The largest absolute Gasteiger partial charge is 0.367 e. The molecule has 4 heteroatoms. The lowest BCUT2D eigenvalue weighted by Crippen LogP contribution is -2.37. The standard InChI is InChI=1S/C16H26BrN3/c1-12(18)9-14-5-6-15(10-16(14)17)20-8-4-7-19(3)11-13(20)2/h5-6,10,12-13H,4,7-9,11,18H2,1-3H3. The lowest BCUT2D eigenvalue weighted by Gasteiger charge is -2.30. The van der Waals surface area contributed by atoms with Crippen molar-refractivity contribution in [3.63, 3.8) is 0 Å². The molecule has 0 radical (unpaired) electrons. The van der Waals surface area contributed by atoms with Crippen molar-refractivity contribution >= 4 is 21.6 Å². The maximum atomic E-state index is 5.90. The fourth-order valence-corrected chi connectivity index (χ4v) is 3.51. The summed E-state index contributed by atoms with van der Waals surface area (Å²) >= 11 is 3.70. The second-order valence-corrected chi connectivity index (χ2v) is 6.97. The molecular weight excluding hydrogens is 314 g/mol.